The van der Waals surface area contributed by atoms with Crippen molar-refractivity contribution < 1.29 is 28.3 Å². The van der Waals surface area contributed by atoms with Crippen LogP contribution in [0.2, 0.25) is 0 Å². The highest BCUT2D eigenvalue weighted by Crippen LogP contribution is 2.52. The smallest absolute Gasteiger partial charge is 0.413 e. The molecule has 2 aliphatic heterocycles. The number of fused-ring (bicyclic) bond motifs is 3. The third-order valence-electron chi connectivity index (χ3n) is 7.52. The van der Waals surface area contributed by atoms with Crippen LogP contribution >= 0.6 is 0 Å². The average Bonchev–Trinajstić information content (AvgIpc) is 3.06. The number of benzene rings is 1. The van der Waals surface area contributed by atoms with Gasteiger partial charge in [0.05, 0.1) is 5.69 Å². The number of hydrogen-bond acceptors (Lipinski definition) is 6. The van der Waals surface area contributed by atoms with E-state index in [1.165, 1.54) is 5.06 Å². The molecular weight excluding hydrogens is 451 g/mol. The number of likely N-dealkylation sites (tertiary alicyclic amines) is 1. The van der Waals surface area contributed by atoms with E-state index in [0.29, 0.717) is 23.1 Å². The Hall–Kier alpha value is -2.35. The van der Waals surface area contributed by atoms with Crippen LogP contribution in [0, 0.1) is 17.8 Å². The molecule has 0 aromatic heterocycles. The van der Waals surface area contributed by atoms with Gasteiger partial charge in [0, 0.05) is 19.0 Å². The van der Waals surface area contributed by atoms with Gasteiger partial charge in [0.25, 0.3) is 0 Å². The number of alkyl halides is 1. The minimum atomic E-state index is -2.08. The van der Waals surface area contributed by atoms with E-state index in [4.69, 9.17) is 14.3 Å². The molecular formula is C27H39FN2O5. The minimum Gasteiger partial charge on any atom is -0.461 e. The van der Waals surface area contributed by atoms with Crippen molar-refractivity contribution in [3.05, 3.63) is 29.8 Å². The second-order valence-corrected chi connectivity index (χ2v) is 11.7. The summed E-state index contributed by atoms with van der Waals surface area (Å²) in [4.78, 5) is 34.0. The monoisotopic (exact) mass is 490 g/mol. The second kappa shape index (κ2) is 9.26. The lowest BCUT2D eigenvalue weighted by Gasteiger charge is -2.41. The van der Waals surface area contributed by atoms with Crippen LogP contribution in [0.1, 0.15) is 72.8 Å². The molecule has 35 heavy (non-hydrogen) atoms. The number of amides is 1. The average molecular weight is 491 g/mol. The summed E-state index contributed by atoms with van der Waals surface area (Å²) in [6, 6.07) is 5.82. The summed E-state index contributed by atoms with van der Waals surface area (Å²) in [7, 11) is 1.66. The topological polar surface area (TPSA) is 68.3 Å². The molecule has 7 nitrogen and oxygen atoms in total. The van der Waals surface area contributed by atoms with E-state index in [0.717, 1.165) is 24.2 Å². The van der Waals surface area contributed by atoms with E-state index in [2.05, 4.69) is 20.8 Å². The molecule has 0 radical (unpaired) electrons. The standard InChI is InChI=1S/C27H39FN2O5/c1-16(2)18-13-12-17(3)14-22(18)33-23(31)21-15-27(28)19-10-8-9-11-20(19)29(7)35-24(27)30(21)25(32)34-26(4,5)6/h8-11,16-18,21-22,24H,12-15H2,1-7H3/t17-,18+,21-,22-,24?,27?/m1/s1. The molecule has 1 saturated carbocycles. The van der Waals surface area contributed by atoms with Crippen LogP contribution in [0.4, 0.5) is 14.9 Å². The van der Waals surface area contributed by atoms with Crippen molar-refractivity contribution in [2.24, 2.45) is 17.8 Å². The van der Waals surface area contributed by atoms with Crippen LogP contribution in [-0.4, -0.2) is 48.0 Å². The van der Waals surface area contributed by atoms with Crippen molar-refractivity contribution in [1.82, 2.24) is 4.90 Å². The van der Waals surface area contributed by atoms with Crippen LogP contribution in [0.25, 0.3) is 0 Å². The number of carbonyl (C=O) groups excluding carboxylic acids is 2. The Morgan fingerprint density at radius 3 is 2.54 bits per heavy atom. The predicted octanol–water partition coefficient (Wildman–Crippen LogP) is 5.57. The summed E-state index contributed by atoms with van der Waals surface area (Å²) in [5.41, 5.74) is -1.96. The van der Waals surface area contributed by atoms with E-state index >= 15 is 4.39 Å². The Labute approximate surface area is 207 Å². The van der Waals surface area contributed by atoms with Crippen LogP contribution in [0.15, 0.2) is 24.3 Å². The Bertz CT molecular complexity index is 963. The van der Waals surface area contributed by atoms with Gasteiger partial charge in [-0.2, -0.15) is 0 Å². The number of para-hydroxylation sites is 1. The maximum Gasteiger partial charge on any atom is 0.413 e. The molecule has 0 N–H and O–H groups in total. The number of anilines is 1. The molecule has 0 bridgehead atoms. The highest BCUT2D eigenvalue weighted by Gasteiger charge is 2.63. The zero-order valence-corrected chi connectivity index (χ0v) is 21.9. The lowest BCUT2D eigenvalue weighted by molar-refractivity contribution is -0.166. The van der Waals surface area contributed by atoms with Crippen LogP contribution < -0.4 is 5.06 Å². The first kappa shape index (κ1) is 25.7. The number of hydrogen-bond donors (Lipinski definition) is 0. The number of hydroxylamine groups is 1. The van der Waals surface area contributed by atoms with Crippen molar-refractivity contribution in [3.8, 4) is 0 Å². The van der Waals surface area contributed by atoms with Gasteiger partial charge in [-0.25, -0.2) is 18.8 Å². The van der Waals surface area contributed by atoms with Crippen LogP contribution in [-0.2, 0) is 24.8 Å². The molecule has 1 aromatic carbocycles. The highest BCUT2D eigenvalue weighted by molar-refractivity contribution is 5.83. The molecule has 3 aliphatic rings. The molecule has 1 amide bonds. The summed E-state index contributed by atoms with van der Waals surface area (Å²) >= 11 is 0. The third kappa shape index (κ3) is 4.86. The zero-order valence-electron chi connectivity index (χ0n) is 21.9. The first-order valence-electron chi connectivity index (χ1n) is 12.7. The number of carbonyl (C=O) groups is 2. The van der Waals surface area contributed by atoms with Gasteiger partial charge in [0.15, 0.2) is 5.67 Å². The second-order valence-electron chi connectivity index (χ2n) is 11.7. The van der Waals surface area contributed by atoms with Gasteiger partial charge in [0.2, 0.25) is 6.23 Å². The first-order valence-corrected chi connectivity index (χ1v) is 12.7. The molecule has 8 heteroatoms. The van der Waals surface area contributed by atoms with Crippen molar-refractivity contribution in [2.75, 3.05) is 12.1 Å². The Morgan fingerprint density at radius 2 is 1.89 bits per heavy atom. The van der Waals surface area contributed by atoms with E-state index < -0.39 is 35.6 Å². The molecule has 1 aliphatic carbocycles. The van der Waals surface area contributed by atoms with Gasteiger partial charge in [-0.1, -0.05) is 45.4 Å². The summed E-state index contributed by atoms with van der Waals surface area (Å²) in [5, 5.41) is 1.44. The Morgan fingerprint density at radius 1 is 1.20 bits per heavy atom. The number of nitrogens with zero attached hydrogens (tertiary/aromatic N) is 2. The van der Waals surface area contributed by atoms with Crippen molar-refractivity contribution in [3.63, 3.8) is 0 Å². The largest absolute Gasteiger partial charge is 0.461 e. The fraction of sp³-hybridized carbons (Fsp3) is 0.704. The van der Waals surface area contributed by atoms with Gasteiger partial charge in [-0.3, -0.25) is 9.96 Å². The highest BCUT2D eigenvalue weighted by atomic mass is 19.1. The molecule has 4 rings (SSSR count). The van der Waals surface area contributed by atoms with Crippen molar-refractivity contribution >= 4 is 17.7 Å². The van der Waals surface area contributed by atoms with Crippen molar-refractivity contribution in [1.29, 1.82) is 0 Å². The molecule has 194 valence electrons. The summed E-state index contributed by atoms with van der Waals surface area (Å²) in [6.45, 7) is 11.6. The van der Waals surface area contributed by atoms with E-state index in [1.807, 2.05) is 0 Å². The maximum atomic E-state index is 16.8. The van der Waals surface area contributed by atoms with Gasteiger partial charge in [-0.15, -0.1) is 0 Å². The quantitative estimate of drug-likeness (QED) is 0.516. The fourth-order valence-electron chi connectivity index (χ4n) is 5.76. The van der Waals surface area contributed by atoms with Crippen LogP contribution in [0.3, 0.4) is 0 Å². The molecule has 2 fully saturated rings. The first-order chi connectivity index (χ1) is 16.3. The fourth-order valence-corrected chi connectivity index (χ4v) is 5.76. The summed E-state index contributed by atoms with van der Waals surface area (Å²) in [5.74, 6) is 0.420. The summed E-state index contributed by atoms with van der Waals surface area (Å²) in [6.07, 6.45) is 0.177. The third-order valence-corrected chi connectivity index (χ3v) is 7.52. The molecule has 1 aromatic rings. The number of rotatable bonds is 3. The number of ether oxygens (including phenoxy) is 2. The lowest BCUT2D eigenvalue weighted by atomic mass is 9.75. The van der Waals surface area contributed by atoms with Crippen molar-refractivity contribution in [2.45, 2.75) is 96.9 Å². The van der Waals surface area contributed by atoms with E-state index in [-0.39, 0.29) is 18.4 Å². The van der Waals surface area contributed by atoms with E-state index in [9.17, 15) is 9.59 Å². The SMILES string of the molecule is CC(C)[C@@H]1CC[C@@H](C)C[C@H]1OC(=O)[C@H]1CC2(F)c3ccccc3N(C)OC2N1C(=O)OC(C)(C)C. The van der Waals surface area contributed by atoms with Crippen LogP contribution in [0.5, 0.6) is 0 Å². The zero-order chi connectivity index (χ0) is 25.7. The van der Waals surface area contributed by atoms with Gasteiger partial charge < -0.3 is 9.47 Å². The molecule has 0 spiro atoms. The minimum absolute atomic E-state index is 0.233. The molecule has 1 saturated heterocycles. The lowest BCUT2D eigenvalue weighted by Crippen LogP contribution is -2.54. The normalized spacial score (nSPS) is 32.8. The molecule has 2 heterocycles. The van der Waals surface area contributed by atoms with Gasteiger partial charge in [-0.05, 0) is 57.4 Å². The Kier molecular flexibility index (Phi) is 6.81. The Balaban J connectivity index is 1.68. The number of esters is 1. The molecule has 2 unspecified atom stereocenters. The van der Waals surface area contributed by atoms with Gasteiger partial charge in [0.1, 0.15) is 17.7 Å². The maximum absolute atomic E-state index is 16.8. The number of halogens is 1. The summed E-state index contributed by atoms with van der Waals surface area (Å²) < 4.78 is 28.5. The predicted molar refractivity (Wildman–Crippen MR) is 130 cm³/mol. The van der Waals surface area contributed by atoms with E-state index in [1.54, 1.807) is 52.1 Å². The van der Waals surface area contributed by atoms with Gasteiger partial charge >= 0.3 is 12.1 Å². The molecule has 6 atom stereocenters.